The van der Waals surface area contributed by atoms with E-state index < -0.39 is 10.9 Å². The fourth-order valence-electron chi connectivity index (χ4n) is 0.916. The number of hydrogen-bond donors (Lipinski definition) is 1. The zero-order valence-corrected chi connectivity index (χ0v) is 7.97. The normalized spacial score (nSPS) is 10.5. The monoisotopic (exact) mass is 211 g/mol. The van der Waals surface area contributed by atoms with Crippen LogP contribution in [0.5, 0.6) is 0 Å². The van der Waals surface area contributed by atoms with Crippen molar-refractivity contribution in [2.24, 2.45) is 0 Å². The van der Waals surface area contributed by atoms with Gasteiger partial charge < -0.3 is 14.9 Å². The first-order valence-corrected chi connectivity index (χ1v) is 4.06. The number of esters is 1. The number of imidazole rings is 1. The van der Waals surface area contributed by atoms with Crippen LogP contribution in [0.1, 0.15) is 12.1 Å². The Bertz CT molecular complexity index is 396. The first-order valence-electron chi connectivity index (χ1n) is 4.06. The Hall–Kier alpha value is -2.18. The van der Waals surface area contributed by atoms with Gasteiger partial charge in [0.2, 0.25) is 0 Å². The molecule has 1 aromatic rings. The lowest BCUT2D eigenvalue weighted by Gasteiger charge is -1.92. The molecule has 1 rings (SSSR count). The van der Waals surface area contributed by atoms with E-state index in [-0.39, 0.29) is 17.9 Å². The molecule has 15 heavy (non-hydrogen) atoms. The second-order valence-corrected chi connectivity index (χ2v) is 2.58. The predicted octanol–water partition coefficient (Wildman–Crippen LogP) is 0.894. The number of methoxy groups -OCH3 is 1. The van der Waals surface area contributed by atoms with Crippen LogP contribution in [-0.4, -0.2) is 28.0 Å². The van der Waals surface area contributed by atoms with Crippen LogP contribution >= 0.6 is 0 Å². The highest BCUT2D eigenvalue weighted by atomic mass is 16.6. The molecule has 0 aromatic carbocycles. The van der Waals surface area contributed by atoms with Gasteiger partial charge in [-0.3, -0.25) is 4.79 Å². The van der Waals surface area contributed by atoms with E-state index in [2.05, 4.69) is 14.7 Å². The van der Waals surface area contributed by atoms with Crippen molar-refractivity contribution in [3.8, 4) is 0 Å². The SMILES string of the molecule is COC(=O)CC=Cc1nc[nH]c1[N+](=O)[O-]. The molecule has 1 N–H and O–H groups in total. The summed E-state index contributed by atoms with van der Waals surface area (Å²) >= 11 is 0. The smallest absolute Gasteiger partial charge is 0.347 e. The van der Waals surface area contributed by atoms with E-state index in [0.717, 1.165) is 0 Å². The molecular weight excluding hydrogens is 202 g/mol. The molecule has 0 aliphatic carbocycles. The molecule has 80 valence electrons. The molecule has 1 heterocycles. The third-order valence-corrected chi connectivity index (χ3v) is 1.62. The number of nitrogens with zero attached hydrogens (tertiary/aromatic N) is 2. The third kappa shape index (κ3) is 2.90. The van der Waals surface area contributed by atoms with Crippen molar-refractivity contribution < 1.29 is 14.5 Å². The Kier molecular flexibility index (Phi) is 3.55. The molecule has 0 unspecified atom stereocenters. The summed E-state index contributed by atoms with van der Waals surface area (Å²) in [6.07, 6.45) is 4.12. The van der Waals surface area contributed by atoms with Gasteiger partial charge in [0.15, 0.2) is 12.0 Å². The minimum Gasteiger partial charge on any atom is -0.469 e. The van der Waals surface area contributed by atoms with Crippen LogP contribution in [-0.2, 0) is 9.53 Å². The number of aromatic amines is 1. The molecule has 0 spiro atoms. The van der Waals surface area contributed by atoms with Crippen LogP contribution in [0.4, 0.5) is 5.82 Å². The molecule has 0 saturated carbocycles. The molecule has 0 radical (unpaired) electrons. The van der Waals surface area contributed by atoms with Gasteiger partial charge in [0.25, 0.3) is 0 Å². The topological polar surface area (TPSA) is 98.1 Å². The van der Waals surface area contributed by atoms with Crippen LogP contribution in [0.15, 0.2) is 12.4 Å². The van der Waals surface area contributed by atoms with Crippen LogP contribution < -0.4 is 0 Å². The summed E-state index contributed by atoms with van der Waals surface area (Å²) in [6.45, 7) is 0. The van der Waals surface area contributed by atoms with Crippen molar-refractivity contribution >= 4 is 17.9 Å². The second kappa shape index (κ2) is 4.89. The van der Waals surface area contributed by atoms with Crippen LogP contribution in [0, 0.1) is 10.1 Å². The van der Waals surface area contributed by atoms with Gasteiger partial charge in [0, 0.05) is 0 Å². The fourth-order valence-corrected chi connectivity index (χ4v) is 0.916. The lowest BCUT2D eigenvalue weighted by Crippen LogP contribution is -1.96. The maximum absolute atomic E-state index is 10.7. The Labute approximate surface area is 84.9 Å². The van der Waals surface area contributed by atoms with Crippen LogP contribution in [0.2, 0.25) is 0 Å². The number of H-pyrrole nitrogens is 1. The van der Waals surface area contributed by atoms with Crippen molar-refractivity contribution in [2.75, 3.05) is 7.11 Å². The molecule has 1 aromatic heterocycles. The Morgan fingerprint density at radius 2 is 2.53 bits per heavy atom. The van der Waals surface area contributed by atoms with E-state index in [1.807, 2.05) is 0 Å². The quantitative estimate of drug-likeness (QED) is 0.453. The zero-order chi connectivity index (χ0) is 11.3. The summed E-state index contributed by atoms with van der Waals surface area (Å²) in [5.41, 5.74) is 0.184. The molecule has 0 saturated heterocycles. The molecule has 0 atom stereocenters. The molecule has 0 aliphatic heterocycles. The summed E-state index contributed by atoms with van der Waals surface area (Å²) in [5, 5.41) is 10.4. The highest BCUT2D eigenvalue weighted by Gasteiger charge is 2.11. The number of ether oxygens (including phenoxy) is 1. The minimum atomic E-state index is -0.579. The van der Waals surface area contributed by atoms with E-state index in [9.17, 15) is 14.9 Å². The van der Waals surface area contributed by atoms with E-state index in [4.69, 9.17) is 0 Å². The summed E-state index contributed by atoms with van der Waals surface area (Å²) in [6, 6.07) is 0. The lowest BCUT2D eigenvalue weighted by molar-refractivity contribution is -0.389. The number of carbonyl (C=O) groups is 1. The molecule has 0 bridgehead atoms. The molecule has 7 heteroatoms. The maximum Gasteiger partial charge on any atom is 0.347 e. The van der Waals surface area contributed by atoms with Gasteiger partial charge >= 0.3 is 11.8 Å². The average Bonchev–Trinajstić information content (AvgIpc) is 2.65. The Balaban J connectivity index is 2.68. The highest BCUT2D eigenvalue weighted by Crippen LogP contribution is 2.13. The minimum absolute atomic E-state index is 0.0561. The third-order valence-electron chi connectivity index (χ3n) is 1.62. The number of rotatable bonds is 4. The van der Waals surface area contributed by atoms with Crippen LogP contribution in [0.25, 0.3) is 6.08 Å². The number of nitro groups is 1. The van der Waals surface area contributed by atoms with E-state index in [1.54, 1.807) is 0 Å². The van der Waals surface area contributed by atoms with Crippen molar-refractivity contribution in [1.82, 2.24) is 9.97 Å². The molecule has 7 nitrogen and oxygen atoms in total. The first kappa shape index (κ1) is 10.9. The van der Waals surface area contributed by atoms with Crippen molar-refractivity contribution in [1.29, 1.82) is 0 Å². The van der Waals surface area contributed by atoms with E-state index >= 15 is 0 Å². The first-order chi connectivity index (χ1) is 7.15. The lowest BCUT2D eigenvalue weighted by atomic mass is 10.3. The van der Waals surface area contributed by atoms with Crippen molar-refractivity contribution in [3.05, 3.63) is 28.2 Å². The second-order valence-electron chi connectivity index (χ2n) is 2.58. The van der Waals surface area contributed by atoms with Crippen LogP contribution in [0.3, 0.4) is 0 Å². The van der Waals surface area contributed by atoms with Gasteiger partial charge in [-0.05, 0) is 11.0 Å². The van der Waals surface area contributed by atoms with E-state index in [1.165, 1.54) is 25.6 Å². The average molecular weight is 211 g/mol. The number of nitrogens with one attached hydrogen (secondary N) is 1. The number of aromatic nitrogens is 2. The van der Waals surface area contributed by atoms with Gasteiger partial charge in [-0.25, -0.2) is 9.97 Å². The summed E-state index contributed by atoms with van der Waals surface area (Å²) in [7, 11) is 1.27. The molecular formula is C8H9N3O4. The summed E-state index contributed by atoms with van der Waals surface area (Å²) in [5.74, 6) is -0.611. The molecule has 0 aliphatic rings. The Morgan fingerprint density at radius 3 is 3.13 bits per heavy atom. The molecule has 0 fully saturated rings. The summed E-state index contributed by atoms with van der Waals surface area (Å²) < 4.78 is 4.40. The maximum atomic E-state index is 10.7. The van der Waals surface area contributed by atoms with E-state index in [0.29, 0.717) is 0 Å². The summed E-state index contributed by atoms with van der Waals surface area (Å²) in [4.78, 5) is 26.7. The van der Waals surface area contributed by atoms with Gasteiger partial charge in [-0.1, -0.05) is 6.08 Å². The van der Waals surface area contributed by atoms with Crippen molar-refractivity contribution in [3.63, 3.8) is 0 Å². The van der Waals surface area contributed by atoms with Crippen molar-refractivity contribution in [2.45, 2.75) is 6.42 Å². The fraction of sp³-hybridized carbons (Fsp3) is 0.250. The standard InChI is InChI=1S/C8H9N3O4/c1-15-7(12)4-2-3-6-8(11(13)14)10-5-9-6/h2-3,5H,4H2,1H3,(H,9,10). The number of hydrogen-bond acceptors (Lipinski definition) is 5. The Morgan fingerprint density at radius 1 is 1.80 bits per heavy atom. The molecule has 0 amide bonds. The van der Waals surface area contributed by atoms with Gasteiger partial charge in [-0.2, -0.15) is 0 Å². The predicted molar refractivity (Wildman–Crippen MR) is 50.9 cm³/mol. The highest BCUT2D eigenvalue weighted by molar-refractivity contribution is 5.72. The largest absolute Gasteiger partial charge is 0.469 e. The number of carbonyl (C=O) groups excluding carboxylic acids is 1. The van der Waals surface area contributed by atoms with Gasteiger partial charge in [-0.15, -0.1) is 0 Å². The zero-order valence-electron chi connectivity index (χ0n) is 7.97. The van der Waals surface area contributed by atoms with Gasteiger partial charge in [0.1, 0.15) is 0 Å². The van der Waals surface area contributed by atoms with Gasteiger partial charge in [0.05, 0.1) is 13.5 Å².